The number of hydrogen-bond acceptors (Lipinski definition) is 3. The molecule has 1 aliphatic rings. The second-order valence-corrected chi connectivity index (χ2v) is 5.15. The molecule has 1 aliphatic heterocycles. The minimum atomic E-state index is -0.850. The number of nitrogens with zero attached hydrogens (tertiary/aromatic N) is 1. The summed E-state index contributed by atoms with van der Waals surface area (Å²) in [5.74, 6) is -0.882. The van der Waals surface area contributed by atoms with Gasteiger partial charge >= 0.3 is 5.97 Å². The first-order valence-corrected chi connectivity index (χ1v) is 5.60. The van der Waals surface area contributed by atoms with E-state index < -0.39 is 11.5 Å². The van der Waals surface area contributed by atoms with Gasteiger partial charge < -0.3 is 15.7 Å². The average molecular weight is 228 g/mol. The van der Waals surface area contributed by atoms with Crippen molar-refractivity contribution in [2.75, 3.05) is 6.54 Å². The smallest absolute Gasteiger partial charge is 0.305 e. The average Bonchev–Trinajstić information content (AvgIpc) is 2.47. The Morgan fingerprint density at radius 2 is 2.12 bits per heavy atom. The summed E-state index contributed by atoms with van der Waals surface area (Å²) >= 11 is 0. The Labute approximate surface area is 95.6 Å². The zero-order chi connectivity index (χ0) is 12.3. The van der Waals surface area contributed by atoms with E-state index in [-0.39, 0.29) is 24.8 Å². The van der Waals surface area contributed by atoms with Crippen LogP contribution in [0.2, 0.25) is 0 Å². The Bertz CT molecular complexity index is 283. The second kappa shape index (κ2) is 4.82. The summed E-state index contributed by atoms with van der Waals surface area (Å²) in [5, 5.41) is 8.74. The fourth-order valence-electron chi connectivity index (χ4n) is 2.07. The maximum Gasteiger partial charge on any atom is 0.305 e. The monoisotopic (exact) mass is 228 g/mol. The van der Waals surface area contributed by atoms with Crippen LogP contribution >= 0.6 is 0 Å². The van der Waals surface area contributed by atoms with Gasteiger partial charge in [-0.15, -0.1) is 0 Å². The Kier molecular flexibility index (Phi) is 3.91. The normalized spacial score (nSPS) is 21.2. The number of carbonyl (C=O) groups excluding carboxylic acids is 1. The molecule has 1 atom stereocenters. The fraction of sp³-hybridized carbons (Fsp3) is 0.818. The lowest BCUT2D eigenvalue weighted by molar-refractivity contribution is -0.140. The van der Waals surface area contributed by atoms with Gasteiger partial charge in [0.05, 0.1) is 6.42 Å². The molecule has 0 radical (unpaired) electrons. The molecule has 1 saturated heterocycles. The molecule has 1 unspecified atom stereocenters. The molecule has 5 heteroatoms. The zero-order valence-electron chi connectivity index (χ0n) is 9.90. The van der Waals surface area contributed by atoms with Gasteiger partial charge in [0.15, 0.2) is 0 Å². The molecule has 1 fully saturated rings. The van der Waals surface area contributed by atoms with Crippen molar-refractivity contribution in [2.24, 2.45) is 5.73 Å². The van der Waals surface area contributed by atoms with Crippen molar-refractivity contribution in [3.63, 3.8) is 0 Å². The van der Waals surface area contributed by atoms with E-state index in [0.29, 0.717) is 6.54 Å². The van der Waals surface area contributed by atoms with Crippen LogP contribution in [0.3, 0.4) is 0 Å². The maximum absolute atomic E-state index is 11.9. The van der Waals surface area contributed by atoms with Gasteiger partial charge in [0, 0.05) is 24.5 Å². The number of amides is 1. The molecule has 0 aliphatic carbocycles. The third kappa shape index (κ3) is 3.81. The molecular formula is C11H20N2O3. The first-order valence-electron chi connectivity index (χ1n) is 5.60. The lowest BCUT2D eigenvalue weighted by Crippen LogP contribution is -2.43. The highest BCUT2D eigenvalue weighted by Gasteiger charge is 2.32. The minimum Gasteiger partial charge on any atom is -0.481 e. The first kappa shape index (κ1) is 13.0. The number of rotatable bonds is 4. The molecule has 1 rings (SSSR count). The first-order chi connectivity index (χ1) is 7.29. The van der Waals surface area contributed by atoms with E-state index >= 15 is 0 Å². The Hall–Kier alpha value is -1.10. The number of aliphatic carboxylic acids is 1. The van der Waals surface area contributed by atoms with Gasteiger partial charge in [-0.25, -0.2) is 0 Å². The molecule has 0 saturated carbocycles. The van der Waals surface area contributed by atoms with E-state index in [4.69, 9.17) is 10.8 Å². The summed E-state index contributed by atoms with van der Waals surface area (Å²) < 4.78 is 0. The molecule has 16 heavy (non-hydrogen) atoms. The van der Waals surface area contributed by atoms with Crippen LogP contribution in [0.1, 0.15) is 39.5 Å². The summed E-state index contributed by atoms with van der Waals surface area (Å²) in [5.41, 5.74) is 5.25. The standard InChI is InChI=1S/C11H20N2O3/c1-11(2,12)7-9(14)13-5-3-4-8(13)6-10(15)16/h8H,3-7,12H2,1-2H3,(H,15,16). The summed E-state index contributed by atoms with van der Waals surface area (Å²) in [4.78, 5) is 24.2. The van der Waals surface area contributed by atoms with Gasteiger partial charge in [-0.05, 0) is 26.7 Å². The third-order valence-electron chi connectivity index (χ3n) is 2.71. The van der Waals surface area contributed by atoms with Crippen LogP contribution < -0.4 is 5.73 Å². The molecule has 0 aromatic heterocycles. The van der Waals surface area contributed by atoms with Crippen LogP contribution in [0, 0.1) is 0 Å². The molecular weight excluding hydrogens is 208 g/mol. The minimum absolute atomic E-state index is 0.0312. The van der Waals surface area contributed by atoms with E-state index in [1.54, 1.807) is 18.7 Å². The van der Waals surface area contributed by atoms with E-state index in [9.17, 15) is 9.59 Å². The largest absolute Gasteiger partial charge is 0.481 e. The number of nitrogens with two attached hydrogens (primary N) is 1. The molecule has 1 heterocycles. The van der Waals surface area contributed by atoms with Gasteiger partial charge in [0.25, 0.3) is 0 Å². The Balaban J connectivity index is 2.57. The Morgan fingerprint density at radius 3 is 2.62 bits per heavy atom. The van der Waals surface area contributed by atoms with Crippen molar-refractivity contribution in [2.45, 2.75) is 51.1 Å². The highest BCUT2D eigenvalue weighted by molar-refractivity contribution is 5.79. The summed E-state index contributed by atoms with van der Waals surface area (Å²) in [6.45, 7) is 4.26. The van der Waals surface area contributed by atoms with Gasteiger partial charge in [0.2, 0.25) is 5.91 Å². The molecule has 0 aromatic carbocycles. The van der Waals surface area contributed by atoms with Crippen LogP contribution in [-0.4, -0.2) is 40.0 Å². The number of carboxylic acids is 1. The van der Waals surface area contributed by atoms with Crippen molar-refractivity contribution in [1.29, 1.82) is 0 Å². The second-order valence-electron chi connectivity index (χ2n) is 5.15. The molecule has 3 N–H and O–H groups in total. The van der Waals surface area contributed by atoms with Crippen molar-refractivity contribution < 1.29 is 14.7 Å². The van der Waals surface area contributed by atoms with E-state index in [2.05, 4.69) is 0 Å². The van der Waals surface area contributed by atoms with Crippen LogP contribution in [-0.2, 0) is 9.59 Å². The fourth-order valence-corrected chi connectivity index (χ4v) is 2.07. The molecule has 0 bridgehead atoms. The van der Waals surface area contributed by atoms with E-state index in [0.717, 1.165) is 12.8 Å². The number of hydrogen-bond donors (Lipinski definition) is 2. The van der Waals surface area contributed by atoms with Crippen LogP contribution in [0.4, 0.5) is 0 Å². The number of carbonyl (C=O) groups is 2. The van der Waals surface area contributed by atoms with E-state index in [1.807, 2.05) is 0 Å². The summed E-state index contributed by atoms with van der Waals surface area (Å²) in [6, 6.07) is -0.146. The zero-order valence-corrected chi connectivity index (χ0v) is 9.90. The highest BCUT2D eigenvalue weighted by atomic mass is 16.4. The molecule has 0 aromatic rings. The van der Waals surface area contributed by atoms with Gasteiger partial charge in [0.1, 0.15) is 0 Å². The quantitative estimate of drug-likeness (QED) is 0.737. The summed E-state index contributed by atoms with van der Waals surface area (Å²) in [6.07, 6.45) is 1.97. The topological polar surface area (TPSA) is 83.6 Å². The van der Waals surface area contributed by atoms with Gasteiger partial charge in [-0.2, -0.15) is 0 Å². The molecule has 5 nitrogen and oxygen atoms in total. The Morgan fingerprint density at radius 1 is 1.50 bits per heavy atom. The maximum atomic E-state index is 11.9. The number of carboxylic acid groups (broad SMARTS) is 1. The van der Waals surface area contributed by atoms with Crippen LogP contribution in [0.25, 0.3) is 0 Å². The van der Waals surface area contributed by atoms with Crippen LogP contribution in [0.5, 0.6) is 0 Å². The summed E-state index contributed by atoms with van der Waals surface area (Å²) in [7, 11) is 0. The van der Waals surface area contributed by atoms with Crippen molar-refractivity contribution in [3.8, 4) is 0 Å². The van der Waals surface area contributed by atoms with Gasteiger partial charge in [-0.1, -0.05) is 0 Å². The SMILES string of the molecule is CC(C)(N)CC(=O)N1CCCC1CC(=O)O. The van der Waals surface area contributed by atoms with Crippen molar-refractivity contribution in [1.82, 2.24) is 4.90 Å². The van der Waals surface area contributed by atoms with Gasteiger partial charge in [-0.3, -0.25) is 9.59 Å². The molecule has 1 amide bonds. The number of likely N-dealkylation sites (tertiary alicyclic amines) is 1. The highest BCUT2D eigenvalue weighted by Crippen LogP contribution is 2.22. The molecule has 92 valence electrons. The third-order valence-corrected chi connectivity index (χ3v) is 2.71. The van der Waals surface area contributed by atoms with Crippen LogP contribution in [0.15, 0.2) is 0 Å². The predicted molar refractivity (Wildman–Crippen MR) is 59.9 cm³/mol. The predicted octanol–water partition coefficient (Wildman–Crippen LogP) is 0.579. The van der Waals surface area contributed by atoms with Crippen molar-refractivity contribution >= 4 is 11.9 Å². The lowest BCUT2D eigenvalue weighted by atomic mass is 10.0. The lowest BCUT2D eigenvalue weighted by Gasteiger charge is -2.27. The molecule has 0 spiro atoms. The van der Waals surface area contributed by atoms with Crippen molar-refractivity contribution in [3.05, 3.63) is 0 Å². The van der Waals surface area contributed by atoms with E-state index in [1.165, 1.54) is 0 Å².